The molecule has 0 radical (unpaired) electrons. The summed E-state index contributed by atoms with van der Waals surface area (Å²) in [5.74, 6) is 0. The quantitative estimate of drug-likeness (QED) is 0.744. The van der Waals surface area contributed by atoms with Crippen LogP contribution in [0.1, 0.15) is 12.8 Å². The molecule has 5 nitrogen and oxygen atoms in total. The minimum absolute atomic E-state index is 0.0636. The molecule has 2 aromatic rings. The normalized spacial score (nSPS) is 15.8. The third-order valence-electron chi connectivity index (χ3n) is 4.41. The lowest BCUT2D eigenvalue weighted by atomic mass is 10.0. The van der Waals surface area contributed by atoms with Gasteiger partial charge in [0.25, 0.3) is 5.56 Å². The van der Waals surface area contributed by atoms with Crippen LogP contribution in [-0.2, 0) is 0 Å². The van der Waals surface area contributed by atoms with Crippen LogP contribution in [0.25, 0.3) is 5.69 Å². The maximum absolute atomic E-state index is 12.2. The standard InChI is InChI=1S/C18H19Cl3N4O/c1-2-7-24-8-5-12(6-9-24)23-16-4-3-13(10-14(16)19)25-18(26)17(21)15(20)11-22-25/h2-4,10-12,23H,1,5-9H2. The van der Waals surface area contributed by atoms with Crippen LogP contribution in [0.3, 0.4) is 0 Å². The molecule has 1 N–H and O–H groups in total. The predicted octanol–water partition coefficient (Wildman–Crippen LogP) is 4.26. The number of rotatable bonds is 5. The van der Waals surface area contributed by atoms with Crippen molar-refractivity contribution in [1.29, 1.82) is 0 Å². The van der Waals surface area contributed by atoms with Crippen molar-refractivity contribution >= 4 is 40.5 Å². The number of benzene rings is 1. The van der Waals surface area contributed by atoms with Crippen molar-refractivity contribution in [2.45, 2.75) is 18.9 Å². The van der Waals surface area contributed by atoms with Crippen LogP contribution in [-0.4, -0.2) is 40.4 Å². The molecule has 1 aliphatic rings. The first-order chi connectivity index (χ1) is 12.5. The smallest absolute Gasteiger partial charge is 0.291 e. The summed E-state index contributed by atoms with van der Waals surface area (Å²) in [6, 6.07) is 5.68. The Balaban J connectivity index is 1.74. The van der Waals surface area contributed by atoms with Crippen molar-refractivity contribution < 1.29 is 0 Å². The van der Waals surface area contributed by atoms with Crippen LogP contribution in [0.5, 0.6) is 0 Å². The van der Waals surface area contributed by atoms with Crippen LogP contribution in [0.15, 0.2) is 41.8 Å². The third kappa shape index (κ3) is 4.23. The molecule has 1 aromatic carbocycles. The fourth-order valence-electron chi connectivity index (χ4n) is 3.01. The van der Waals surface area contributed by atoms with E-state index in [-0.39, 0.29) is 10.0 Å². The van der Waals surface area contributed by atoms with E-state index >= 15 is 0 Å². The molecule has 138 valence electrons. The summed E-state index contributed by atoms with van der Waals surface area (Å²) in [5, 5.41) is 8.09. The molecule has 0 unspecified atom stereocenters. The fraction of sp³-hybridized carbons (Fsp3) is 0.333. The highest BCUT2D eigenvalue weighted by atomic mass is 35.5. The molecule has 1 aliphatic heterocycles. The van der Waals surface area contributed by atoms with Crippen LogP contribution in [0, 0.1) is 0 Å². The summed E-state index contributed by atoms with van der Waals surface area (Å²) in [4.78, 5) is 14.6. The van der Waals surface area contributed by atoms with Gasteiger partial charge in [-0.2, -0.15) is 9.78 Å². The number of likely N-dealkylation sites (tertiary alicyclic amines) is 1. The number of nitrogens with one attached hydrogen (secondary N) is 1. The van der Waals surface area contributed by atoms with Crippen molar-refractivity contribution in [2.75, 3.05) is 25.0 Å². The lowest BCUT2D eigenvalue weighted by Crippen LogP contribution is -2.39. The Bertz CT molecular complexity index is 860. The summed E-state index contributed by atoms with van der Waals surface area (Å²) in [5.41, 5.74) is 0.890. The first-order valence-electron chi connectivity index (χ1n) is 8.32. The second-order valence-electron chi connectivity index (χ2n) is 6.20. The Morgan fingerprint density at radius 2 is 1.96 bits per heavy atom. The number of aromatic nitrogens is 2. The highest BCUT2D eigenvalue weighted by Gasteiger charge is 2.19. The van der Waals surface area contributed by atoms with E-state index in [0.717, 1.165) is 38.2 Å². The summed E-state index contributed by atoms with van der Waals surface area (Å²) in [6.07, 6.45) is 5.35. The van der Waals surface area contributed by atoms with Gasteiger partial charge in [-0.15, -0.1) is 6.58 Å². The molecular weight excluding hydrogens is 395 g/mol. The molecule has 0 spiro atoms. The summed E-state index contributed by atoms with van der Waals surface area (Å²) in [6.45, 7) is 6.77. The Labute approximate surface area is 167 Å². The van der Waals surface area contributed by atoms with E-state index in [1.54, 1.807) is 12.1 Å². The second-order valence-corrected chi connectivity index (χ2v) is 7.39. The van der Waals surface area contributed by atoms with E-state index in [4.69, 9.17) is 34.8 Å². The minimum Gasteiger partial charge on any atom is -0.381 e. The number of piperidine rings is 1. The summed E-state index contributed by atoms with van der Waals surface area (Å²) in [7, 11) is 0. The average molecular weight is 414 g/mol. The molecule has 0 bridgehead atoms. The maximum Gasteiger partial charge on any atom is 0.291 e. The molecule has 1 fully saturated rings. The van der Waals surface area contributed by atoms with E-state index in [1.807, 2.05) is 12.1 Å². The Morgan fingerprint density at radius 1 is 1.23 bits per heavy atom. The molecule has 1 saturated heterocycles. The monoisotopic (exact) mass is 412 g/mol. The van der Waals surface area contributed by atoms with E-state index in [1.165, 1.54) is 10.9 Å². The van der Waals surface area contributed by atoms with Gasteiger partial charge >= 0.3 is 0 Å². The van der Waals surface area contributed by atoms with Crippen molar-refractivity contribution in [3.05, 3.63) is 62.5 Å². The zero-order valence-electron chi connectivity index (χ0n) is 14.1. The molecule has 26 heavy (non-hydrogen) atoms. The van der Waals surface area contributed by atoms with Gasteiger partial charge in [-0.3, -0.25) is 9.69 Å². The van der Waals surface area contributed by atoms with E-state index in [9.17, 15) is 4.79 Å². The van der Waals surface area contributed by atoms with Gasteiger partial charge in [0.2, 0.25) is 0 Å². The molecule has 2 heterocycles. The average Bonchev–Trinajstić information content (AvgIpc) is 2.63. The van der Waals surface area contributed by atoms with Crippen LogP contribution < -0.4 is 10.9 Å². The molecule has 0 atom stereocenters. The summed E-state index contributed by atoms with van der Waals surface area (Å²) >= 11 is 18.1. The zero-order valence-corrected chi connectivity index (χ0v) is 16.4. The number of hydrogen-bond donors (Lipinski definition) is 1. The Hall–Kier alpha value is -1.53. The van der Waals surface area contributed by atoms with Crippen molar-refractivity contribution in [1.82, 2.24) is 14.7 Å². The Kier molecular flexibility index (Phi) is 6.24. The van der Waals surface area contributed by atoms with Gasteiger partial charge in [0.05, 0.1) is 27.6 Å². The van der Waals surface area contributed by atoms with Gasteiger partial charge < -0.3 is 5.32 Å². The van der Waals surface area contributed by atoms with E-state index in [2.05, 4.69) is 21.9 Å². The molecule has 0 aliphatic carbocycles. The van der Waals surface area contributed by atoms with Crippen LogP contribution >= 0.6 is 34.8 Å². The zero-order chi connectivity index (χ0) is 18.7. The van der Waals surface area contributed by atoms with Gasteiger partial charge in [0, 0.05) is 25.7 Å². The highest BCUT2D eigenvalue weighted by Crippen LogP contribution is 2.27. The first kappa shape index (κ1) is 19.2. The van der Waals surface area contributed by atoms with E-state index < -0.39 is 5.56 Å². The maximum atomic E-state index is 12.2. The minimum atomic E-state index is -0.481. The van der Waals surface area contributed by atoms with E-state index in [0.29, 0.717) is 16.8 Å². The molecular formula is C18H19Cl3N4O. The molecule has 8 heteroatoms. The molecule has 3 rings (SSSR count). The van der Waals surface area contributed by atoms with Crippen molar-refractivity contribution in [2.24, 2.45) is 0 Å². The number of anilines is 1. The number of hydrogen-bond acceptors (Lipinski definition) is 4. The molecule has 1 aromatic heterocycles. The van der Waals surface area contributed by atoms with Gasteiger partial charge in [-0.1, -0.05) is 40.9 Å². The number of halogens is 3. The number of nitrogens with zero attached hydrogens (tertiary/aromatic N) is 3. The van der Waals surface area contributed by atoms with Crippen LogP contribution in [0.4, 0.5) is 5.69 Å². The SMILES string of the molecule is C=CCN1CCC(Nc2ccc(-n3ncc(Cl)c(Cl)c3=O)cc2Cl)CC1. The van der Waals surface area contributed by atoms with Gasteiger partial charge in [-0.25, -0.2) is 0 Å². The third-order valence-corrected chi connectivity index (χ3v) is 5.47. The lowest BCUT2D eigenvalue weighted by Gasteiger charge is -2.32. The largest absolute Gasteiger partial charge is 0.381 e. The predicted molar refractivity (Wildman–Crippen MR) is 108 cm³/mol. The van der Waals surface area contributed by atoms with Crippen molar-refractivity contribution in [3.8, 4) is 5.69 Å². The topological polar surface area (TPSA) is 50.2 Å². The first-order valence-corrected chi connectivity index (χ1v) is 9.46. The molecule has 0 saturated carbocycles. The van der Waals surface area contributed by atoms with Gasteiger partial charge in [-0.05, 0) is 31.0 Å². The van der Waals surface area contributed by atoms with Gasteiger partial charge in [0.15, 0.2) is 0 Å². The lowest BCUT2D eigenvalue weighted by molar-refractivity contribution is 0.240. The molecule has 0 amide bonds. The highest BCUT2D eigenvalue weighted by molar-refractivity contribution is 6.41. The second kappa shape index (κ2) is 8.44. The van der Waals surface area contributed by atoms with Crippen LogP contribution in [0.2, 0.25) is 15.1 Å². The summed E-state index contributed by atoms with van der Waals surface area (Å²) < 4.78 is 1.18. The van der Waals surface area contributed by atoms with Gasteiger partial charge in [0.1, 0.15) is 5.02 Å². The Morgan fingerprint density at radius 3 is 2.62 bits per heavy atom. The van der Waals surface area contributed by atoms with Crippen molar-refractivity contribution in [3.63, 3.8) is 0 Å². The fourth-order valence-corrected chi connectivity index (χ4v) is 3.49.